The first-order valence-electron chi connectivity index (χ1n) is 5.32. The van der Waals surface area contributed by atoms with E-state index in [1.54, 1.807) is 0 Å². The first-order chi connectivity index (χ1) is 7.11. The number of aliphatic carboxylic acids is 1. The lowest BCUT2D eigenvalue weighted by atomic mass is 9.96. The summed E-state index contributed by atoms with van der Waals surface area (Å²) in [7, 11) is 0. The van der Waals surface area contributed by atoms with Gasteiger partial charge in [-0.2, -0.15) is 0 Å². The fourth-order valence-corrected chi connectivity index (χ4v) is 1.71. The molecule has 15 heavy (non-hydrogen) atoms. The third-order valence-corrected chi connectivity index (χ3v) is 2.44. The summed E-state index contributed by atoms with van der Waals surface area (Å²) in [5, 5.41) is 11.3. The van der Waals surface area contributed by atoms with Crippen LogP contribution in [0.2, 0.25) is 0 Å². The van der Waals surface area contributed by atoms with E-state index in [4.69, 9.17) is 5.11 Å². The van der Waals surface area contributed by atoms with Crippen LogP contribution in [0.1, 0.15) is 19.8 Å². The van der Waals surface area contributed by atoms with Crippen molar-refractivity contribution in [2.75, 3.05) is 26.2 Å². The Hall–Kier alpha value is -1.10. The standard InChI is InChI=1S/C10H18N2O3/c1-2-3-11-9(13)7-12-5-8(6-12)4-10(14)15/h8H,2-7H2,1H3,(H,11,13)(H,14,15). The molecule has 5 nitrogen and oxygen atoms in total. The molecule has 0 aliphatic carbocycles. The Bertz CT molecular complexity index is 237. The molecule has 0 unspecified atom stereocenters. The molecule has 0 radical (unpaired) electrons. The van der Waals surface area contributed by atoms with Crippen molar-refractivity contribution in [1.29, 1.82) is 0 Å². The predicted octanol–water partition coefficient (Wildman–Crippen LogP) is -0.0809. The zero-order valence-electron chi connectivity index (χ0n) is 9.03. The molecule has 0 aromatic carbocycles. The average Bonchev–Trinajstić information content (AvgIpc) is 2.10. The van der Waals surface area contributed by atoms with Gasteiger partial charge >= 0.3 is 5.97 Å². The van der Waals surface area contributed by atoms with Crippen molar-refractivity contribution in [3.63, 3.8) is 0 Å². The molecule has 1 aliphatic rings. The van der Waals surface area contributed by atoms with Gasteiger partial charge in [0.25, 0.3) is 0 Å². The van der Waals surface area contributed by atoms with Crippen LogP contribution in [0, 0.1) is 5.92 Å². The molecule has 1 rings (SSSR count). The fourth-order valence-electron chi connectivity index (χ4n) is 1.71. The van der Waals surface area contributed by atoms with Crippen LogP contribution in [-0.2, 0) is 9.59 Å². The number of nitrogens with zero attached hydrogens (tertiary/aromatic N) is 1. The highest BCUT2D eigenvalue weighted by molar-refractivity contribution is 5.78. The minimum Gasteiger partial charge on any atom is -0.481 e. The number of carboxylic acids is 1. The zero-order valence-corrected chi connectivity index (χ0v) is 9.03. The molecule has 0 aromatic rings. The van der Waals surface area contributed by atoms with E-state index in [0.29, 0.717) is 13.1 Å². The van der Waals surface area contributed by atoms with Crippen molar-refractivity contribution < 1.29 is 14.7 Å². The Labute approximate surface area is 89.4 Å². The number of carbonyl (C=O) groups is 2. The molecule has 0 spiro atoms. The Morgan fingerprint density at radius 1 is 1.47 bits per heavy atom. The van der Waals surface area contributed by atoms with Crippen molar-refractivity contribution in [1.82, 2.24) is 10.2 Å². The number of nitrogens with one attached hydrogen (secondary N) is 1. The highest BCUT2D eigenvalue weighted by Crippen LogP contribution is 2.17. The van der Waals surface area contributed by atoms with E-state index in [0.717, 1.165) is 19.5 Å². The van der Waals surface area contributed by atoms with Crippen molar-refractivity contribution >= 4 is 11.9 Å². The summed E-state index contributed by atoms with van der Waals surface area (Å²) >= 11 is 0. The van der Waals surface area contributed by atoms with Gasteiger partial charge in [-0.1, -0.05) is 6.92 Å². The third kappa shape index (κ3) is 4.29. The van der Waals surface area contributed by atoms with Crippen LogP contribution in [-0.4, -0.2) is 48.1 Å². The Balaban J connectivity index is 2.06. The van der Waals surface area contributed by atoms with Crippen molar-refractivity contribution in [2.24, 2.45) is 5.92 Å². The van der Waals surface area contributed by atoms with Crippen molar-refractivity contribution in [3.05, 3.63) is 0 Å². The number of hydrogen-bond donors (Lipinski definition) is 2. The van der Waals surface area contributed by atoms with E-state index in [2.05, 4.69) is 5.32 Å². The number of amides is 1. The molecule has 1 fully saturated rings. The normalized spacial score (nSPS) is 17.1. The van der Waals surface area contributed by atoms with Crippen LogP contribution in [0.5, 0.6) is 0 Å². The number of carboxylic acid groups (broad SMARTS) is 1. The average molecular weight is 214 g/mol. The van der Waals surface area contributed by atoms with Crippen molar-refractivity contribution in [3.8, 4) is 0 Å². The van der Waals surface area contributed by atoms with Crippen LogP contribution in [0.15, 0.2) is 0 Å². The Kier molecular flexibility index (Phi) is 4.55. The van der Waals surface area contributed by atoms with Gasteiger partial charge in [-0.25, -0.2) is 0 Å². The molecule has 0 bridgehead atoms. The summed E-state index contributed by atoms with van der Waals surface area (Å²) in [4.78, 5) is 23.6. The third-order valence-electron chi connectivity index (χ3n) is 2.44. The van der Waals surface area contributed by atoms with Gasteiger partial charge in [0, 0.05) is 19.6 Å². The first kappa shape index (κ1) is 12.0. The highest BCUT2D eigenvalue weighted by Gasteiger charge is 2.29. The van der Waals surface area contributed by atoms with Crippen LogP contribution in [0.25, 0.3) is 0 Å². The van der Waals surface area contributed by atoms with E-state index < -0.39 is 5.97 Å². The molecular formula is C10H18N2O3. The second-order valence-electron chi connectivity index (χ2n) is 4.01. The van der Waals surface area contributed by atoms with Crippen LogP contribution in [0.4, 0.5) is 0 Å². The van der Waals surface area contributed by atoms with E-state index >= 15 is 0 Å². The monoisotopic (exact) mass is 214 g/mol. The van der Waals surface area contributed by atoms with Gasteiger partial charge < -0.3 is 10.4 Å². The van der Waals surface area contributed by atoms with Gasteiger partial charge in [0.15, 0.2) is 0 Å². The second-order valence-corrected chi connectivity index (χ2v) is 4.01. The minimum atomic E-state index is -0.755. The summed E-state index contributed by atoms with van der Waals surface area (Å²) in [5.41, 5.74) is 0. The van der Waals surface area contributed by atoms with Crippen molar-refractivity contribution in [2.45, 2.75) is 19.8 Å². The van der Waals surface area contributed by atoms with Gasteiger partial charge in [-0.3, -0.25) is 14.5 Å². The van der Waals surface area contributed by atoms with E-state index in [1.807, 2.05) is 11.8 Å². The largest absolute Gasteiger partial charge is 0.481 e. The van der Waals surface area contributed by atoms with E-state index in [-0.39, 0.29) is 18.2 Å². The lowest BCUT2D eigenvalue weighted by Gasteiger charge is -2.37. The van der Waals surface area contributed by atoms with E-state index in [9.17, 15) is 9.59 Å². The molecule has 86 valence electrons. The zero-order chi connectivity index (χ0) is 11.3. The van der Waals surface area contributed by atoms with Gasteiger partial charge in [-0.15, -0.1) is 0 Å². The number of carbonyl (C=O) groups excluding carboxylic acids is 1. The Morgan fingerprint density at radius 2 is 2.13 bits per heavy atom. The fraction of sp³-hybridized carbons (Fsp3) is 0.800. The molecule has 1 saturated heterocycles. The van der Waals surface area contributed by atoms with Crippen LogP contribution >= 0.6 is 0 Å². The molecule has 0 atom stereocenters. The first-order valence-corrected chi connectivity index (χ1v) is 5.32. The topological polar surface area (TPSA) is 69.6 Å². The lowest BCUT2D eigenvalue weighted by molar-refractivity contribution is -0.139. The minimum absolute atomic E-state index is 0.0330. The Morgan fingerprint density at radius 3 is 2.67 bits per heavy atom. The molecule has 1 aliphatic heterocycles. The van der Waals surface area contributed by atoms with Crippen LogP contribution in [0.3, 0.4) is 0 Å². The quantitative estimate of drug-likeness (QED) is 0.649. The van der Waals surface area contributed by atoms with Gasteiger partial charge in [0.1, 0.15) is 0 Å². The predicted molar refractivity (Wildman–Crippen MR) is 55.5 cm³/mol. The molecule has 5 heteroatoms. The number of rotatable bonds is 6. The van der Waals surface area contributed by atoms with Gasteiger partial charge in [0.2, 0.25) is 5.91 Å². The molecule has 2 N–H and O–H groups in total. The van der Waals surface area contributed by atoms with E-state index in [1.165, 1.54) is 0 Å². The molecule has 0 aromatic heterocycles. The summed E-state index contributed by atoms with van der Waals surface area (Å²) in [6, 6.07) is 0. The lowest BCUT2D eigenvalue weighted by Crippen LogP contribution is -2.51. The van der Waals surface area contributed by atoms with Gasteiger partial charge in [0.05, 0.1) is 13.0 Å². The molecular weight excluding hydrogens is 196 g/mol. The SMILES string of the molecule is CCCNC(=O)CN1CC(CC(=O)O)C1. The maximum atomic E-state index is 11.3. The second kappa shape index (κ2) is 5.70. The maximum absolute atomic E-state index is 11.3. The summed E-state index contributed by atoms with van der Waals surface area (Å²) < 4.78 is 0. The molecule has 0 saturated carbocycles. The maximum Gasteiger partial charge on any atom is 0.303 e. The van der Waals surface area contributed by atoms with Crippen LogP contribution < -0.4 is 5.32 Å². The number of likely N-dealkylation sites (tertiary alicyclic amines) is 1. The molecule has 1 heterocycles. The summed E-state index contributed by atoms with van der Waals surface area (Å²) in [6.07, 6.45) is 1.15. The number of hydrogen-bond acceptors (Lipinski definition) is 3. The summed E-state index contributed by atoms with van der Waals surface area (Å²) in [5.74, 6) is -0.498. The smallest absolute Gasteiger partial charge is 0.303 e. The van der Waals surface area contributed by atoms with Gasteiger partial charge in [-0.05, 0) is 12.3 Å². The summed E-state index contributed by atoms with van der Waals surface area (Å²) in [6.45, 7) is 4.58. The highest BCUT2D eigenvalue weighted by atomic mass is 16.4. The molecule has 1 amide bonds.